The molecule has 0 bridgehead atoms. The smallest absolute Gasteiger partial charge is 0.411 e. The van der Waals surface area contributed by atoms with Crippen molar-refractivity contribution in [1.29, 1.82) is 0 Å². The molecule has 4 rings (SSSR count). The number of anilines is 1. The van der Waals surface area contributed by atoms with Crippen LogP contribution in [-0.4, -0.2) is 36.3 Å². The van der Waals surface area contributed by atoms with Gasteiger partial charge in [-0.25, -0.2) is 4.79 Å². The summed E-state index contributed by atoms with van der Waals surface area (Å²) in [4.78, 5) is 30.7. The minimum absolute atomic E-state index is 0.0182. The average Bonchev–Trinajstić information content (AvgIpc) is 2.83. The van der Waals surface area contributed by atoms with Gasteiger partial charge in [-0.2, -0.15) is 0 Å². The van der Waals surface area contributed by atoms with Gasteiger partial charge in [0.05, 0.1) is 24.8 Å². The van der Waals surface area contributed by atoms with E-state index >= 15 is 0 Å². The molecule has 1 fully saturated rings. The number of nitrogens with zero attached hydrogens (tertiary/aromatic N) is 1. The van der Waals surface area contributed by atoms with Gasteiger partial charge in [-0.05, 0) is 92.8 Å². The van der Waals surface area contributed by atoms with Crippen LogP contribution in [0.15, 0.2) is 47.5 Å². The Hall–Kier alpha value is -3.15. The Labute approximate surface area is 220 Å². The third-order valence-electron chi connectivity index (χ3n) is 7.69. The lowest BCUT2D eigenvalue weighted by Gasteiger charge is -2.36. The summed E-state index contributed by atoms with van der Waals surface area (Å²) in [5.74, 6) is 2.16. The Morgan fingerprint density at radius 2 is 1.84 bits per heavy atom. The lowest BCUT2D eigenvalue weighted by atomic mass is 9.75. The van der Waals surface area contributed by atoms with Crippen LogP contribution in [0.5, 0.6) is 5.75 Å². The highest BCUT2D eigenvalue weighted by Crippen LogP contribution is 2.35. The topological polar surface area (TPSA) is 77.0 Å². The van der Waals surface area contributed by atoms with Gasteiger partial charge in [-0.3, -0.25) is 15.1 Å². The number of carbonyl (C=O) groups excluding carboxylic acids is 2. The molecule has 3 atom stereocenters. The molecular formula is C31H40N2O4. The van der Waals surface area contributed by atoms with Crippen LogP contribution in [0, 0.1) is 17.8 Å². The van der Waals surface area contributed by atoms with Crippen LogP contribution in [0.25, 0.3) is 0 Å². The van der Waals surface area contributed by atoms with Crippen LogP contribution in [-0.2, 0) is 11.2 Å². The molecule has 0 saturated heterocycles. The molecule has 1 saturated carbocycles. The van der Waals surface area contributed by atoms with E-state index in [1.54, 1.807) is 31.4 Å². The molecule has 6 nitrogen and oxygen atoms in total. The molecule has 1 heterocycles. The summed E-state index contributed by atoms with van der Waals surface area (Å²) in [5, 5.41) is 2.84. The van der Waals surface area contributed by atoms with Gasteiger partial charge in [0.2, 0.25) is 0 Å². The van der Waals surface area contributed by atoms with Crippen LogP contribution in [0.4, 0.5) is 10.5 Å². The van der Waals surface area contributed by atoms with E-state index in [1.165, 1.54) is 12.0 Å². The zero-order chi connectivity index (χ0) is 26.7. The van der Waals surface area contributed by atoms with Crippen molar-refractivity contribution in [3.05, 3.63) is 59.2 Å². The molecule has 1 N–H and O–H groups in total. The maximum atomic E-state index is 13.2. The van der Waals surface area contributed by atoms with Crippen LogP contribution in [0.1, 0.15) is 81.8 Å². The molecule has 0 radical (unpaired) electrons. The van der Waals surface area contributed by atoms with Crippen molar-refractivity contribution in [3.63, 3.8) is 0 Å². The zero-order valence-electron chi connectivity index (χ0n) is 23.0. The molecule has 198 valence electrons. The number of hydrogen-bond acceptors (Lipinski definition) is 5. The second kappa shape index (κ2) is 11.1. The number of amides is 1. The third kappa shape index (κ3) is 6.60. The number of carbonyl (C=O) groups is 2. The highest BCUT2D eigenvalue weighted by molar-refractivity contribution is 6.17. The Morgan fingerprint density at radius 1 is 1.11 bits per heavy atom. The van der Waals surface area contributed by atoms with E-state index in [1.807, 2.05) is 12.1 Å². The Balaban J connectivity index is 1.41. The predicted molar refractivity (Wildman–Crippen MR) is 148 cm³/mol. The second-order valence-electron chi connectivity index (χ2n) is 11.6. The summed E-state index contributed by atoms with van der Waals surface area (Å²) in [7, 11) is 1.64. The predicted octanol–water partition coefficient (Wildman–Crippen LogP) is 7.10. The minimum Gasteiger partial charge on any atom is -0.497 e. The highest BCUT2D eigenvalue weighted by atomic mass is 16.6. The molecule has 0 unspecified atom stereocenters. The highest BCUT2D eigenvalue weighted by Gasteiger charge is 2.33. The maximum absolute atomic E-state index is 13.2. The van der Waals surface area contributed by atoms with Crippen LogP contribution in [0.3, 0.4) is 0 Å². The molecule has 1 aliphatic heterocycles. The second-order valence-corrected chi connectivity index (χ2v) is 11.6. The summed E-state index contributed by atoms with van der Waals surface area (Å²) in [6, 6.07) is 13.0. The number of Topliss-reactive ketones (excluding diaryl/α,β-unsaturated/α-hetero) is 1. The standard InChI is InChI=1S/C31H40N2O4/c1-19(2)25-14-7-20(3)15-29(25)37-30(35)32-23-11-8-21(9-12-23)28(34)17-27-26-16-24(36-6)13-10-22(26)18-31(4,5)33-27/h8-13,16,19-20,25,29H,7,14-15,17-18H2,1-6H3,(H,32,35)/t20-,25+,29-/m1/s1. The largest absolute Gasteiger partial charge is 0.497 e. The van der Waals surface area contributed by atoms with E-state index in [9.17, 15) is 9.59 Å². The normalized spacial score (nSPS) is 22.6. The lowest BCUT2D eigenvalue weighted by molar-refractivity contribution is 0.0126. The fraction of sp³-hybridized carbons (Fsp3) is 0.516. The van der Waals surface area contributed by atoms with E-state index in [0.717, 1.165) is 36.3 Å². The van der Waals surface area contributed by atoms with Gasteiger partial charge in [-0.15, -0.1) is 0 Å². The number of ketones is 1. The van der Waals surface area contributed by atoms with Crippen LogP contribution < -0.4 is 10.1 Å². The first-order chi connectivity index (χ1) is 17.5. The van der Waals surface area contributed by atoms with Gasteiger partial charge < -0.3 is 9.47 Å². The molecule has 1 aliphatic carbocycles. The number of aliphatic imine (C=N–C) groups is 1. The number of benzene rings is 2. The Morgan fingerprint density at radius 3 is 2.51 bits per heavy atom. The van der Waals surface area contributed by atoms with Crippen LogP contribution in [0.2, 0.25) is 0 Å². The van der Waals surface area contributed by atoms with E-state index < -0.39 is 6.09 Å². The van der Waals surface area contributed by atoms with Crippen molar-refractivity contribution < 1.29 is 19.1 Å². The average molecular weight is 505 g/mol. The Bertz CT molecular complexity index is 1170. The summed E-state index contributed by atoms with van der Waals surface area (Å²) in [6.07, 6.45) is 3.70. The quantitative estimate of drug-likeness (QED) is 0.408. The number of hydrogen-bond donors (Lipinski definition) is 1. The van der Waals surface area contributed by atoms with Crippen molar-refractivity contribution in [2.24, 2.45) is 22.7 Å². The van der Waals surface area contributed by atoms with Crippen molar-refractivity contribution in [2.75, 3.05) is 12.4 Å². The van der Waals surface area contributed by atoms with E-state index in [-0.39, 0.29) is 23.8 Å². The fourth-order valence-electron chi connectivity index (χ4n) is 5.70. The number of methoxy groups -OCH3 is 1. The summed E-state index contributed by atoms with van der Waals surface area (Å²) in [5.41, 5.74) is 3.85. The number of fused-ring (bicyclic) bond motifs is 1. The summed E-state index contributed by atoms with van der Waals surface area (Å²) < 4.78 is 11.2. The number of ether oxygens (including phenoxy) is 2. The zero-order valence-corrected chi connectivity index (χ0v) is 23.0. The first-order valence-electron chi connectivity index (χ1n) is 13.4. The first-order valence-corrected chi connectivity index (χ1v) is 13.4. The van der Waals surface area contributed by atoms with Crippen LogP contribution >= 0.6 is 0 Å². The molecule has 2 aliphatic rings. The van der Waals surface area contributed by atoms with Crippen molar-refractivity contribution in [1.82, 2.24) is 0 Å². The summed E-state index contributed by atoms with van der Waals surface area (Å²) in [6.45, 7) is 10.8. The first kappa shape index (κ1) is 26.9. The molecule has 0 spiro atoms. The van der Waals surface area contributed by atoms with Gasteiger partial charge in [-0.1, -0.05) is 33.3 Å². The van der Waals surface area contributed by atoms with E-state index in [0.29, 0.717) is 29.0 Å². The van der Waals surface area contributed by atoms with Crippen molar-refractivity contribution >= 4 is 23.3 Å². The van der Waals surface area contributed by atoms with Gasteiger partial charge in [0.1, 0.15) is 11.9 Å². The molecular weight excluding hydrogens is 464 g/mol. The number of nitrogens with one attached hydrogen (secondary N) is 1. The fourth-order valence-corrected chi connectivity index (χ4v) is 5.70. The molecule has 2 aromatic rings. The van der Waals surface area contributed by atoms with Gasteiger partial charge in [0.15, 0.2) is 5.78 Å². The monoisotopic (exact) mass is 504 g/mol. The van der Waals surface area contributed by atoms with Gasteiger partial charge in [0, 0.05) is 16.8 Å². The van der Waals surface area contributed by atoms with Gasteiger partial charge in [0.25, 0.3) is 0 Å². The van der Waals surface area contributed by atoms with E-state index in [2.05, 4.69) is 46.0 Å². The van der Waals surface area contributed by atoms with Crippen molar-refractivity contribution in [3.8, 4) is 5.75 Å². The Kier molecular flexibility index (Phi) is 8.05. The SMILES string of the molecule is COc1ccc2c(c1)C(CC(=O)c1ccc(NC(=O)O[C@@H]3C[C@H](C)CC[C@H]3C(C)C)cc1)=NC(C)(C)C2. The molecule has 37 heavy (non-hydrogen) atoms. The molecule has 2 aromatic carbocycles. The minimum atomic E-state index is -0.437. The number of rotatable bonds is 7. The maximum Gasteiger partial charge on any atom is 0.411 e. The third-order valence-corrected chi connectivity index (χ3v) is 7.69. The van der Waals surface area contributed by atoms with Gasteiger partial charge >= 0.3 is 6.09 Å². The van der Waals surface area contributed by atoms with E-state index in [4.69, 9.17) is 14.5 Å². The molecule has 6 heteroatoms. The lowest BCUT2D eigenvalue weighted by Crippen LogP contribution is -2.36. The summed E-state index contributed by atoms with van der Waals surface area (Å²) >= 11 is 0. The van der Waals surface area contributed by atoms with Crippen molar-refractivity contribution in [2.45, 2.75) is 78.4 Å². The molecule has 1 amide bonds. The molecule has 0 aromatic heterocycles.